The molecule has 1 amide bonds. The highest BCUT2D eigenvalue weighted by atomic mass is 35.5. The van der Waals surface area contributed by atoms with Crippen molar-refractivity contribution in [1.82, 2.24) is 0 Å². The van der Waals surface area contributed by atoms with E-state index in [1.807, 2.05) is 36.4 Å². The van der Waals surface area contributed by atoms with Crippen LogP contribution in [0, 0.1) is 0 Å². The number of amides is 1. The van der Waals surface area contributed by atoms with Crippen molar-refractivity contribution in [2.75, 3.05) is 5.32 Å². The zero-order valence-electron chi connectivity index (χ0n) is 14.3. The predicted molar refractivity (Wildman–Crippen MR) is 107 cm³/mol. The Morgan fingerprint density at radius 3 is 2.63 bits per heavy atom. The standard InChI is InChI=1S/C22H16ClNO3/c23-19-10-8-15(21-11-9-16(13-25)27-21)12-20(19)24-22(26)18-7-3-5-14-4-1-2-6-17(14)18/h1-12,25H,13H2,(H,24,26). The molecular weight excluding hydrogens is 362 g/mol. The van der Waals surface area contributed by atoms with Crippen LogP contribution in [0.1, 0.15) is 16.1 Å². The molecule has 0 saturated carbocycles. The predicted octanol–water partition coefficient (Wildman–Crippen LogP) is 5.50. The second-order valence-electron chi connectivity index (χ2n) is 6.10. The largest absolute Gasteiger partial charge is 0.459 e. The minimum atomic E-state index is -0.235. The Balaban J connectivity index is 1.67. The maximum Gasteiger partial charge on any atom is 0.256 e. The first-order chi connectivity index (χ1) is 13.2. The molecule has 134 valence electrons. The maximum absolute atomic E-state index is 12.9. The van der Waals surface area contributed by atoms with E-state index in [0.717, 1.165) is 16.3 Å². The van der Waals surface area contributed by atoms with Gasteiger partial charge in [-0.15, -0.1) is 0 Å². The zero-order chi connectivity index (χ0) is 18.8. The van der Waals surface area contributed by atoms with Crippen LogP contribution in [0.15, 0.2) is 77.2 Å². The number of furan rings is 1. The van der Waals surface area contributed by atoms with Crippen molar-refractivity contribution in [2.24, 2.45) is 0 Å². The topological polar surface area (TPSA) is 62.5 Å². The molecule has 0 aliphatic carbocycles. The third-order valence-electron chi connectivity index (χ3n) is 4.35. The van der Waals surface area contributed by atoms with E-state index in [9.17, 15) is 4.79 Å². The summed E-state index contributed by atoms with van der Waals surface area (Å²) in [6.45, 7) is -0.168. The van der Waals surface area contributed by atoms with Gasteiger partial charge in [0.05, 0.1) is 10.7 Å². The fourth-order valence-electron chi connectivity index (χ4n) is 3.01. The lowest BCUT2D eigenvalue weighted by molar-refractivity contribution is 0.102. The molecule has 0 unspecified atom stereocenters. The van der Waals surface area contributed by atoms with Crippen molar-refractivity contribution in [3.05, 3.63) is 89.1 Å². The summed E-state index contributed by atoms with van der Waals surface area (Å²) in [5, 5.41) is 14.4. The number of halogens is 1. The Kier molecular flexibility index (Phi) is 4.67. The second-order valence-corrected chi connectivity index (χ2v) is 6.51. The van der Waals surface area contributed by atoms with Gasteiger partial charge >= 0.3 is 0 Å². The van der Waals surface area contributed by atoms with Gasteiger partial charge in [0.25, 0.3) is 5.91 Å². The number of benzene rings is 3. The van der Waals surface area contributed by atoms with Crippen LogP contribution in [0.3, 0.4) is 0 Å². The average molecular weight is 378 g/mol. The van der Waals surface area contributed by atoms with Crippen LogP contribution in [-0.2, 0) is 6.61 Å². The van der Waals surface area contributed by atoms with Crippen LogP contribution < -0.4 is 5.32 Å². The molecule has 4 aromatic rings. The number of aliphatic hydroxyl groups excluding tert-OH is 1. The van der Waals surface area contributed by atoms with Gasteiger partial charge in [0.15, 0.2) is 0 Å². The quantitative estimate of drug-likeness (QED) is 0.493. The fraction of sp³-hybridized carbons (Fsp3) is 0.0455. The summed E-state index contributed by atoms with van der Waals surface area (Å²) in [6, 6.07) is 22.1. The Bertz CT molecular complexity index is 1130. The van der Waals surface area contributed by atoms with Gasteiger partial charge in [-0.05, 0) is 47.2 Å². The van der Waals surface area contributed by atoms with E-state index in [0.29, 0.717) is 27.8 Å². The van der Waals surface area contributed by atoms with Crippen LogP contribution in [0.4, 0.5) is 5.69 Å². The molecule has 5 heteroatoms. The first-order valence-corrected chi connectivity index (χ1v) is 8.82. The molecule has 3 aromatic carbocycles. The SMILES string of the molecule is O=C(Nc1cc(-c2ccc(CO)o2)ccc1Cl)c1cccc2ccccc12. The van der Waals surface area contributed by atoms with E-state index < -0.39 is 0 Å². The van der Waals surface area contributed by atoms with E-state index in [4.69, 9.17) is 21.1 Å². The van der Waals surface area contributed by atoms with Gasteiger partial charge in [-0.1, -0.05) is 48.0 Å². The smallest absolute Gasteiger partial charge is 0.256 e. The van der Waals surface area contributed by atoms with Crippen molar-refractivity contribution in [1.29, 1.82) is 0 Å². The van der Waals surface area contributed by atoms with Gasteiger partial charge in [0.2, 0.25) is 0 Å². The highest BCUT2D eigenvalue weighted by molar-refractivity contribution is 6.34. The van der Waals surface area contributed by atoms with E-state index in [1.165, 1.54) is 0 Å². The molecule has 0 bridgehead atoms. The lowest BCUT2D eigenvalue weighted by Crippen LogP contribution is -2.12. The molecule has 0 saturated heterocycles. The molecule has 27 heavy (non-hydrogen) atoms. The van der Waals surface area contributed by atoms with Crippen molar-refractivity contribution in [2.45, 2.75) is 6.61 Å². The number of fused-ring (bicyclic) bond motifs is 1. The van der Waals surface area contributed by atoms with Gasteiger partial charge in [0, 0.05) is 11.1 Å². The molecule has 1 aromatic heterocycles. The van der Waals surface area contributed by atoms with E-state index in [-0.39, 0.29) is 12.5 Å². The summed E-state index contributed by atoms with van der Waals surface area (Å²) < 4.78 is 5.56. The summed E-state index contributed by atoms with van der Waals surface area (Å²) in [5.41, 5.74) is 1.83. The van der Waals surface area contributed by atoms with Gasteiger partial charge in [-0.2, -0.15) is 0 Å². The van der Waals surface area contributed by atoms with Gasteiger partial charge in [-0.3, -0.25) is 4.79 Å². The lowest BCUT2D eigenvalue weighted by Gasteiger charge is -2.10. The number of rotatable bonds is 4. The number of anilines is 1. The van der Waals surface area contributed by atoms with E-state index >= 15 is 0 Å². The molecule has 2 N–H and O–H groups in total. The van der Waals surface area contributed by atoms with Crippen LogP contribution >= 0.6 is 11.6 Å². The number of nitrogens with one attached hydrogen (secondary N) is 1. The molecule has 4 nitrogen and oxygen atoms in total. The van der Waals surface area contributed by atoms with Crippen LogP contribution in [0.25, 0.3) is 22.1 Å². The third kappa shape index (κ3) is 3.45. The number of hydrogen-bond acceptors (Lipinski definition) is 3. The second kappa shape index (κ2) is 7.27. The van der Waals surface area contributed by atoms with Gasteiger partial charge in [0.1, 0.15) is 18.1 Å². The average Bonchev–Trinajstić information content (AvgIpc) is 3.18. The molecule has 0 aliphatic rings. The highest BCUT2D eigenvalue weighted by Crippen LogP contribution is 2.31. The van der Waals surface area contributed by atoms with Crippen molar-refractivity contribution < 1.29 is 14.3 Å². The summed E-state index contributed by atoms with van der Waals surface area (Å²) in [4.78, 5) is 12.9. The fourth-order valence-corrected chi connectivity index (χ4v) is 3.17. The Morgan fingerprint density at radius 2 is 1.81 bits per heavy atom. The number of carbonyl (C=O) groups excluding carboxylic acids is 1. The molecule has 4 rings (SSSR count). The maximum atomic E-state index is 12.9. The highest BCUT2D eigenvalue weighted by Gasteiger charge is 2.13. The molecule has 1 heterocycles. The number of carbonyl (C=O) groups is 1. The monoisotopic (exact) mass is 377 g/mol. The normalized spacial score (nSPS) is 10.9. The van der Waals surface area contributed by atoms with Crippen molar-refractivity contribution in [3.8, 4) is 11.3 Å². The lowest BCUT2D eigenvalue weighted by atomic mass is 10.0. The summed E-state index contributed by atoms with van der Waals surface area (Å²) in [7, 11) is 0. The molecule has 0 aliphatic heterocycles. The minimum absolute atomic E-state index is 0.168. The summed E-state index contributed by atoms with van der Waals surface area (Å²) >= 11 is 6.28. The molecule has 0 fully saturated rings. The van der Waals surface area contributed by atoms with Crippen LogP contribution in [0.2, 0.25) is 5.02 Å². The third-order valence-corrected chi connectivity index (χ3v) is 4.68. The minimum Gasteiger partial charge on any atom is -0.459 e. The van der Waals surface area contributed by atoms with Gasteiger partial charge < -0.3 is 14.8 Å². The molecule has 0 radical (unpaired) electrons. The Labute approximate surface area is 161 Å². The summed E-state index contributed by atoms with van der Waals surface area (Å²) in [5.74, 6) is 0.832. The van der Waals surface area contributed by atoms with Crippen LogP contribution in [-0.4, -0.2) is 11.0 Å². The van der Waals surface area contributed by atoms with Crippen LogP contribution in [0.5, 0.6) is 0 Å². The van der Waals surface area contributed by atoms with E-state index in [2.05, 4.69) is 5.32 Å². The Morgan fingerprint density at radius 1 is 1.00 bits per heavy atom. The Hall–Kier alpha value is -3.08. The summed E-state index contributed by atoms with van der Waals surface area (Å²) in [6.07, 6.45) is 0. The first kappa shape index (κ1) is 17.3. The zero-order valence-corrected chi connectivity index (χ0v) is 15.0. The van der Waals surface area contributed by atoms with Gasteiger partial charge in [-0.25, -0.2) is 0 Å². The van der Waals surface area contributed by atoms with Crippen molar-refractivity contribution in [3.63, 3.8) is 0 Å². The number of hydrogen-bond donors (Lipinski definition) is 2. The molecule has 0 spiro atoms. The van der Waals surface area contributed by atoms with E-state index in [1.54, 1.807) is 36.4 Å². The number of aliphatic hydroxyl groups is 1. The first-order valence-electron chi connectivity index (χ1n) is 8.44. The molecular formula is C22H16ClNO3. The van der Waals surface area contributed by atoms with Crippen molar-refractivity contribution >= 4 is 34.0 Å². The molecule has 0 atom stereocenters.